The Morgan fingerprint density at radius 1 is 1.29 bits per heavy atom. The largest absolute Gasteiger partial charge is 0.329 e. The Hall–Kier alpha value is -1.61. The molecule has 1 saturated carbocycles. The van der Waals surface area contributed by atoms with Crippen LogP contribution in [0.3, 0.4) is 0 Å². The van der Waals surface area contributed by atoms with E-state index in [9.17, 15) is 0 Å². The molecule has 1 aliphatic rings. The smallest absolute Gasteiger partial charge is 0.0951 e. The fourth-order valence-electron chi connectivity index (χ4n) is 2.22. The topological polar surface area (TPSA) is 43.8 Å². The number of hydrogen-bond donors (Lipinski definition) is 1. The van der Waals surface area contributed by atoms with E-state index in [4.69, 9.17) is 5.73 Å². The van der Waals surface area contributed by atoms with E-state index in [-0.39, 0.29) is 6.04 Å². The summed E-state index contributed by atoms with van der Waals surface area (Å²) in [5, 5.41) is 0. The second-order valence-electron chi connectivity index (χ2n) is 4.80. The standard InChI is InChI=1S/C14H17N3/c15-13(11-6-7-11)9-17-10-16-8-14(17)12-4-2-1-3-5-12/h1-5,8,10-11,13H,6-7,9,15H2. The van der Waals surface area contributed by atoms with Crippen molar-refractivity contribution in [3.05, 3.63) is 42.9 Å². The molecule has 1 fully saturated rings. The predicted octanol–water partition coefficient (Wildman–Crippen LogP) is 2.29. The summed E-state index contributed by atoms with van der Waals surface area (Å²) in [5.74, 6) is 0.723. The molecular formula is C14H17N3. The number of hydrogen-bond acceptors (Lipinski definition) is 2. The van der Waals surface area contributed by atoms with Crippen LogP contribution < -0.4 is 5.73 Å². The van der Waals surface area contributed by atoms with E-state index < -0.39 is 0 Å². The molecule has 1 atom stereocenters. The van der Waals surface area contributed by atoms with Gasteiger partial charge < -0.3 is 10.3 Å². The van der Waals surface area contributed by atoms with Gasteiger partial charge in [0.05, 0.1) is 18.2 Å². The Kier molecular flexibility index (Phi) is 2.69. The summed E-state index contributed by atoms with van der Waals surface area (Å²) in [4.78, 5) is 4.24. The van der Waals surface area contributed by atoms with Gasteiger partial charge in [0.15, 0.2) is 0 Å². The van der Waals surface area contributed by atoms with E-state index in [1.165, 1.54) is 18.4 Å². The summed E-state index contributed by atoms with van der Waals surface area (Å²) in [6, 6.07) is 10.6. The van der Waals surface area contributed by atoms with Crippen LogP contribution in [-0.2, 0) is 6.54 Å². The Labute approximate surface area is 101 Å². The number of benzene rings is 1. The van der Waals surface area contributed by atoms with Gasteiger partial charge in [-0.1, -0.05) is 30.3 Å². The number of rotatable bonds is 4. The Morgan fingerprint density at radius 2 is 2.06 bits per heavy atom. The van der Waals surface area contributed by atoms with Gasteiger partial charge in [0.2, 0.25) is 0 Å². The molecule has 0 aliphatic heterocycles. The van der Waals surface area contributed by atoms with Gasteiger partial charge in [0, 0.05) is 12.6 Å². The molecule has 0 amide bonds. The van der Waals surface area contributed by atoms with E-state index in [0.29, 0.717) is 0 Å². The molecule has 2 aromatic rings. The maximum absolute atomic E-state index is 6.17. The average Bonchev–Trinajstić information content (AvgIpc) is 3.12. The van der Waals surface area contributed by atoms with Gasteiger partial charge in [-0.3, -0.25) is 0 Å². The van der Waals surface area contributed by atoms with Crippen molar-refractivity contribution in [1.82, 2.24) is 9.55 Å². The highest BCUT2D eigenvalue weighted by Crippen LogP contribution is 2.32. The molecule has 3 nitrogen and oxygen atoms in total. The van der Waals surface area contributed by atoms with Crippen molar-refractivity contribution < 1.29 is 0 Å². The third-order valence-corrected chi connectivity index (χ3v) is 3.42. The van der Waals surface area contributed by atoms with Crippen molar-refractivity contribution in [3.8, 4) is 11.3 Å². The number of aromatic nitrogens is 2. The van der Waals surface area contributed by atoms with Crippen molar-refractivity contribution in [2.75, 3.05) is 0 Å². The first-order valence-electron chi connectivity index (χ1n) is 6.16. The molecule has 88 valence electrons. The third kappa shape index (κ3) is 2.24. The van der Waals surface area contributed by atoms with Gasteiger partial charge in [0.1, 0.15) is 0 Å². The first-order chi connectivity index (χ1) is 8.34. The molecule has 17 heavy (non-hydrogen) atoms. The van der Waals surface area contributed by atoms with Crippen LogP contribution in [0.2, 0.25) is 0 Å². The first kappa shape index (κ1) is 10.5. The zero-order chi connectivity index (χ0) is 11.7. The molecule has 2 N–H and O–H groups in total. The monoisotopic (exact) mass is 227 g/mol. The first-order valence-corrected chi connectivity index (χ1v) is 6.16. The Bertz CT molecular complexity index is 485. The van der Waals surface area contributed by atoms with Crippen LogP contribution in [0, 0.1) is 5.92 Å². The maximum Gasteiger partial charge on any atom is 0.0951 e. The van der Waals surface area contributed by atoms with Crippen LogP contribution >= 0.6 is 0 Å². The van der Waals surface area contributed by atoms with Gasteiger partial charge in [-0.15, -0.1) is 0 Å². The van der Waals surface area contributed by atoms with Crippen LogP contribution in [0.1, 0.15) is 12.8 Å². The minimum absolute atomic E-state index is 0.270. The van der Waals surface area contributed by atoms with E-state index in [0.717, 1.165) is 18.2 Å². The molecular weight excluding hydrogens is 210 g/mol. The van der Waals surface area contributed by atoms with E-state index in [2.05, 4.69) is 21.7 Å². The Morgan fingerprint density at radius 3 is 2.76 bits per heavy atom. The molecule has 1 aromatic heterocycles. The second-order valence-corrected chi connectivity index (χ2v) is 4.80. The lowest BCUT2D eigenvalue weighted by Gasteiger charge is -2.13. The third-order valence-electron chi connectivity index (χ3n) is 3.42. The minimum atomic E-state index is 0.270. The zero-order valence-electron chi connectivity index (χ0n) is 9.79. The van der Waals surface area contributed by atoms with Gasteiger partial charge in [-0.25, -0.2) is 4.98 Å². The molecule has 0 saturated heterocycles. The second kappa shape index (κ2) is 4.34. The fourth-order valence-corrected chi connectivity index (χ4v) is 2.22. The van der Waals surface area contributed by atoms with Gasteiger partial charge in [0.25, 0.3) is 0 Å². The quantitative estimate of drug-likeness (QED) is 0.871. The fraction of sp³-hybridized carbons (Fsp3) is 0.357. The molecule has 0 spiro atoms. The lowest BCUT2D eigenvalue weighted by Crippen LogP contribution is -2.28. The zero-order valence-corrected chi connectivity index (χ0v) is 9.79. The van der Waals surface area contributed by atoms with E-state index >= 15 is 0 Å². The molecule has 1 aromatic carbocycles. The van der Waals surface area contributed by atoms with Crippen LogP contribution in [0.25, 0.3) is 11.3 Å². The minimum Gasteiger partial charge on any atom is -0.329 e. The van der Waals surface area contributed by atoms with Gasteiger partial charge >= 0.3 is 0 Å². The van der Waals surface area contributed by atoms with Crippen LogP contribution in [0.15, 0.2) is 42.9 Å². The Balaban J connectivity index is 1.83. The highest BCUT2D eigenvalue weighted by atomic mass is 15.1. The lowest BCUT2D eigenvalue weighted by molar-refractivity contribution is 0.505. The maximum atomic E-state index is 6.17. The lowest BCUT2D eigenvalue weighted by atomic mass is 10.1. The average molecular weight is 227 g/mol. The highest BCUT2D eigenvalue weighted by molar-refractivity contribution is 5.58. The van der Waals surface area contributed by atoms with Crippen molar-refractivity contribution >= 4 is 0 Å². The van der Waals surface area contributed by atoms with E-state index in [1.807, 2.05) is 30.7 Å². The molecule has 1 aliphatic carbocycles. The molecule has 3 rings (SSSR count). The molecule has 0 radical (unpaired) electrons. The summed E-state index contributed by atoms with van der Waals surface area (Å²) in [6.07, 6.45) is 6.37. The molecule has 1 heterocycles. The summed E-state index contributed by atoms with van der Waals surface area (Å²) in [6.45, 7) is 0.870. The summed E-state index contributed by atoms with van der Waals surface area (Å²) >= 11 is 0. The van der Waals surface area contributed by atoms with Crippen LogP contribution in [0.4, 0.5) is 0 Å². The van der Waals surface area contributed by atoms with Gasteiger partial charge in [-0.05, 0) is 24.3 Å². The summed E-state index contributed by atoms with van der Waals surface area (Å²) in [5.41, 5.74) is 8.52. The molecule has 3 heteroatoms. The molecule has 1 unspecified atom stereocenters. The SMILES string of the molecule is NC(Cn1cncc1-c1ccccc1)C1CC1. The predicted molar refractivity (Wildman–Crippen MR) is 68.4 cm³/mol. The van der Waals surface area contributed by atoms with Gasteiger partial charge in [-0.2, -0.15) is 0 Å². The number of nitrogens with two attached hydrogens (primary N) is 1. The van der Waals surface area contributed by atoms with Crippen LogP contribution in [0.5, 0.6) is 0 Å². The number of nitrogens with zero attached hydrogens (tertiary/aromatic N) is 2. The highest BCUT2D eigenvalue weighted by Gasteiger charge is 2.28. The summed E-state index contributed by atoms with van der Waals surface area (Å²) < 4.78 is 2.16. The summed E-state index contributed by atoms with van der Waals surface area (Å²) in [7, 11) is 0. The van der Waals surface area contributed by atoms with Crippen molar-refractivity contribution in [3.63, 3.8) is 0 Å². The van der Waals surface area contributed by atoms with E-state index in [1.54, 1.807) is 0 Å². The van der Waals surface area contributed by atoms with Crippen molar-refractivity contribution in [1.29, 1.82) is 0 Å². The van der Waals surface area contributed by atoms with Crippen molar-refractivity contribution in [2.45, 2.75) is 25.4 Å². The number of imidazole rings is 1. The normalized spacial score (nSPS) is 17.0. The van der Waals surface area contributed by atoms with Crippen LogP contribution in [-0.4, -0.2) is 15.6 Å². The molecule has 0 bridgehead atoms. The van der Waals surface area contributed by atoms with Crippen molar-refractivity contribution in [2.24, 2.45) is 11.7 Å².